The molecule has 0 aliphatic carbocycles. The molecule has 21 heavy (non-hydrogen) atoms. The lowest BCUT2D eigenvalue weighted by molar-refractivity contribution is 0.587. The molecule has 1 heterocycles. The molecule has 0 fully saturated rings. The minimum atomic E-state index is -0.435. The van der Waals surface area contributed by atoms with Crippen LogP contribution >= 0.6 is 23.1 Å². The molecule has 3 rings (SSSR count). The second-order valence-electron chi connectivity index (χ2n) is 4.46. The Labute approximate surface area is 129 Å². The Balaban J connectivity index is 1.80. The number of thioether (sulfide) groups is 1. The van der Waals surface area contributed by atoms with Gasteiger partial charge in [0.2, 0.25) is 0 Å². The van der Waals surface area contributed by atoms with Crippen molar-refractivity contribution in [3.63, 3.8) is 0 Å². The predicted octanol–water partition coefficient (Wildman–Crippen LogP) is 4.91. The summed E-state index contributed by atoms with van der Waals surface area (Å²) in [6, 6.07) is 9.26. The van der Waals surface area contributed by atoms with Gasteiger partial charge >= 0.3 is 0 Å². The van der Waals surface area contributed by atoms with Crippen LogP contribution in [0.5, 0.6) is 0 Å². The van der Waals surface area contributed by atoms with E-state index in [0.29, 0.717) is 5.56 Å². The van der Waals surface area contributed by atoms with E-state index in [1.165, 1.54) is 6.07 Å². The molecule has 1 aromatic heterocycles. The predicted molar refractivity (Wildman–Crippen MR) is 85.1 cm³/mol. The number of benzene rings is 2. The van der Waals surface area contributed by atoms with Gasteiger partial charge in [-0.2, -0.15) is 0 Å². The van der Waals surface area contributed by atoms with Crippen LogP contribution in [0, 0.1) is 11.6 Å². The van der Waals surface area contributed by atoms with Crippen molar-refractivity contribution in [3.05, 3.63) is 53.6 Å². The van der Waals surface area contributed by atoms with Gasteiger partial charge in [-0.25, -0.2) is 13.8 Å². The highest BCUT2D eigenvalue weighted by Crippen LogP contribution is 2.30. The van der Waals surface area contributed by atoms with E-state index in [0.717, 1.165) is 32.4 Å². The van der Waals surface area contributed by atoms with Gasteiger partial charge in [-0.1, -0.05) is 11.8 Å². The topological polar surface area (TPSA) is 24.9 Å². The number of rotatable bonds is 4. The maximum atomic E-state index is 13.6. The van der Waals surface area contributed by atoms with Gasteiger partial charge in [0.1, 0.15) is 11.6 Å². The monoisotopic (exact) mass is 322 g/mol. The Morgan fingerprint density at radius 3 is 2.86 bits per heavy atom. The Bertz CT molecular complexity index is 786. The summed E-state index contributed by atoms with van der Waals surface area (Å²) in [6.07, 6.45) is 1.99. The summed E-state index contributed by atoms with van der Waals surface area (Å²) in [7, 11) is 0. The summed E-state index contributed by atoms with van der Waals surface area (Å²) in [5.41, 5.74) is 2.12. The van der Waals surface area contributed by atoms with E-state index in [4.69, 9.17) is 0 Å². The molecule has 108 valence electrons. The van der Waals surface area contributed by atoms with Gasteiger partial charge in [-0.3, -0.25) is 0 Å². The van der Waals surface area contributed by atoms with Crippen LogP contribution < -0.4 is 5.32 Å². The molecule has 0 bridgehead atoms. The molecule has 0 radical (unpaired) electrons. The summed E-state index contributed by atoms with van der Waals surface area (Å²) in [4.78, 5) is 4.46. The van der Waals surface area contributed by atoms with Crippen molar-refractivity contribution in [2.45, 2.75) is 10.9 Å². The zero-order chi connectivity index (χ0) is 14.8. The van der Waals surface area contributed by atoms with E-state index in [1.54, 1.807) is 23.1 Å². The van der Waals surface area contributed by atoms with Crippen LogP contribution in [0.1, 0.15) is 5.56 Å². The Kier molecular flexibility index (Phi) is 4.07. The lowest BCUT2D eigenvalue weighted by atomic mass is 10.2. The average Bonchev–Trinajstić information content (AvgIpc) is 2.90. The number of nitrogens with one attached hydrogen (secondary N) is 1. The number of anilines is 1. The largest absolute Gasteiger partial charge is 0.381 e. The maximum Gasteiger partial charge on any atom is 0.150 e. The van der Waals surface area contributed by atoms with Gasteiger partial charge < -0.3 is 5.32 Å². The molecule has 0 unspecified atom stereocenters. The Morgan fingerprint density at radius 1 is 1.19 bits per heavy atom. The van der Waals surface area contributed by atoms with Crippen molar-refractivity contribution in [3.8, 4) is 0 Å². The first kappa shape index (κ1) is 14.3. The number of aromatic nitrogens is 1. The highest BCUT2D eigenvalue weighted by Gasteiger charge is 2.06. The number of thiazole rings is 1. The first-order valence-corrected chi connectivity index (χ1v) is 8.32. The van der Waals surface area contributed by atoms with Crippen molar-refractivity contribution in [1.29, 1.82) is 0 Å². The van der Waals surface area contributed by atoms with Crippen LogP contribution in [-0.2, 0) is 6.54 Å². The molecule has 2 aromatic carbocycles. The average molecular weight is 322 g/mol. The van der Waals surface area contributed by atoms with Gasteiger partial charge in [-0.15, -0.1) is 11.3 Å². The molecule has 0 aliphatic rings. The maximum absolute atomic E-state index is 13.6. The highest BCUT2D eigenvalue weighted by atomic mass is 32.2. The number of fused-ring (bicyclic) bond motifs is 1. The van der Waals surface area contributed by atoms with Crippen LogP contribution in [0.4, 0.5) is 14.5 Å². The zero-order valence-electron chi connectivity index (χ0n) is 11.2. The van der Waals surface area contributed by atoms with Crippen LogP contribution in [0.25, 0.3) is 10.2 Å². The van der Waals surface area contributed by atoms with Crippen molar-refractivity contribution < 1.29 is 8.78 Å². The number of hydrogen-bond donors (Lipinski definition) is 1. The fraction of sp³-hybridized carbons (Fsp3) is 0.133. The molecular formula is C15H12F2N2S2. The molecule has 3 aromatic rings. The van der Waals surface area contributed by atoms with E-state index in [9.17, 15) is 8.78 Å². The van der Waals surface area contributed by atoms with Crippen LogP contribution in [0.3, 0.4) is 0 Å². The molecule has 0 atom stereocenters. The molecule has 0 spiro atoms. The van der Waals surface area contributed by atoms with Gasteiger partial charge in [0, 0.05) is 17.8 Å². The summed E-state index contributed by atoms with van der Waals surface area (Å²) >= 11 is 3.23. The van der Waals surface area contributed by atoms with E-state index < -0.39 is 11.6 Å². The standard InChI is InChI=1S/C15H12F2N2S2/c1-20-15-19-13-5-3-11(7-14(13)21-15)18-8-9-6-10(16)2-4-12(9)17/h2-7,18H,8H2,1H3. The number of nitrogens with zero attached hydrogens (tertiary/aromatic N) is 1. The fourth-order valence-electron chi connectivity index (χ4n) is 1.98. The molecule has 0 saturated heterocycles. The van der Waals surface area contributed by atoms with E-state index in [2.05, 4.69) is 10.3 Å². The van der Waals surface area contributed by atoms with Gasteiger partial charge in [0.15, 0.2) is 4.34 Å². The van der Waals surface area contributed by atoms with Crippen molar-refractivity contribution >= 4 is 39.0 Å². The second-order valence-corrected chi connectivity index (χ2v) is 6.54. The minimum absolute atomic E-state index is 0.239. The molecule has 0 saturated carbocycles. The van der Waals surface area contributed by atoms with Gasteiger partial charge in [0.05, 0.1) is 10.2 Å². The molecule has 0 amide bonds. The van der Waals surface area contributed by atoms with Crippen molar-refractivity contribution in [2.24, 2.45) is 0 Å². The van der Waals surface area contributed by atoms with Crippen molar-refractivity contribution in [2.75, 3.05) is 11.6 Å². The van der Waals surface area contributed by atoms with Crippen LogP contribution in [0.15, 0.2) is 40.7 Å². The zero-order valence-corrected chi connectivity index (χ0v) is 12.8. The first-order valence-electron chi connectivity index (χ1n) is 6.28. The van der Waals surface area contributed by atoms with E-state index >= 15 is 0 Å². The first-order chi connectivity index (χ1) is 10.2. The molecular weight excluding hydrogens is 310 g/mol. The van der Waals surface area contributed by atoms with E-state index in [-0.39, 0.29) is 6.54 Å². The summed E-state index contributed by atoms with van der Waals surface area (Å²) in [6.45, 7) is 0.239. The normalized spacial score (nSPS) is 11.0. The SMILES string of the molecule is CSc1nc2ccc(NCc3cc(F)ccc3F)cc2s1. The Morgan fingerprint density at radius 2 is 2.05 bits per heavy atom. The quantitative estimate of drug-likeness (QED) is 0.691. The van der Waals surface area contributed by atoms with Crippen molar-refractivity contribution in [1.82, 2.24) is 4.98 Å². The third kappa shape index (κ3) is 3.16. The van der Waals surface area contributed by atoms with E-state index in [1.807, 2.05) is 24.5 Å². The summed E-state index contributed by atoms with van der Waals surface area (Å²) in [5.74, 6) is -0.844. The fourth-order valence-corrected chi connectivity index (χ4v) is 3.51. The number of hydrogen-bond acceptors (Lipinski definition) is 4. The number of halogens is 2. The second kappa shape index (κ2) is 5.99. The highest BCUT2D eigenvalue weighted by molar-refractivity contribution is 8.00. The smallest absolute Gasteiger partial charge is 0.150 e. The minimum Gasteiger partial charge on any atom is -0.381 e. The molecule has 2 nitrogen and oxygen atoms in total. The van der Waals surface area contributed by atoms with Gasteiger partial charge in [-0.05, 0) is 42.7 Å². The van der Waals surface area contributed by atoms with Crippen LogP contribution in [-0.4, -0.2) is 11.2 Å². The third-order valence-electron chi connectivity index (χ3n) is 3.03. The lowest BCUT2D eigenvalue weighted by Crippen LogP contribution is -2.02. The lowest BCUT2D eigenvalue weighted by Gasteiger charge is -2.07. The Hall–Kier alpha value is -1.66. The third-order valence-corrected chi connectivity index (χ3v) is 5.04. The molecule has 1 N–H and O–H groups in total. The van der Waals surface area contributed by atoms with Gasteiger partial charge in [0.25, 0.3) is 0 Å². The summed E-state index contributed by atoms with van der Waals surface area (Å²) < 4.78 is 28.8. The van der Waals surface area contributed by atoms with Crippen LogP contribution in [0.2, 0.25) is 0 Å². The molecule has 6 heteroatoms. The summed E-state index contributed by atoms with van der Waals surface area (Å²) in [5, 5.41) is 3.11. The molecule has 0 aliphatic heterocycles.